The molecule has 0 saturated heterocycles. The highest BCUT2D eigenvalue weighted by Crippen LogP contribution is 2.08. The van der Waals surface area contributed by atoms with Gasteiger partial charge in [-0.15, -0.1) is 0 Å². The lowest BCUT2D eigenvalue weighted by Gasteiger charge is -2.10. The minimum atomic E-state index is 1.03. The molecule has 1 nitrogen and oxygen atoms in total. The van der Waals surface area contributed by atoms with E-state index in [0.29, 0.717) is 0 Å². The van der Waals surface area contributed by atoms with Crippen LogP contribution in [0.5, 0.6) is 0 Å². The average Bonchev–Trinajstić information content (AvgIpc) is 2.25. The summed E-state index contributed by atoms with van der Waals surface area (Å²) in [6.07, 6.45) is 16.6. The van der Waals surface area contributed by atoms with Crippen molar-refractivity contribution >= 4 is 0 Å². The molecule has 1 heteroatoms. The summed E-state index contributed by atoms with van der Waals surface area (Å²) in [5, 5.41) is 3.31. The molecule has 0 aromatic heterocycles. The van der Waals surface area contributed by atoms with Gasteiger partial charge in [0.2, 0.25) is 0 Å². The van der Waals surface area contributed by atoms with Crippen molar-refractivity contribution in [3.05, 3.63) is 60.5 Å². The number of hydrogen-bond acceptors (Lipinski definition) is 1. The molecule has 1 N–H and O–H groups in total. The maximum atomic E-state index is 3.76. The monoisotopic (exact) mass is 187 g/mol. The second-order valence-electron chi connectivity index (χ2n) is 3.12. The van der Waals surface area contributed by atoms with Gasteiger partial charge in [-0.05, 0) is 38.0 Å². The molecule has 0 aromatic rings. The minimum Gasteiger partial charge on any atom is -0.356 e. The maximum Gasteiger partial charge on any atom is 0.0378 e. The van der Waals surface area contributed by atoms with E-state index in [-0.39, 0.29) is 0 Å². The quantitative estimate of drug-likeness (QED) is 0.665. The molecule has 1 rings (SSSR count). The van der Waals surface area contributed by atoms with Gasteiger partial charge in [0.25, 0.3) is 0 Å². The van der Waals surface area contributed by atoms with Crippen LogP contribution in [-0.2, 0) is 0 Å². The van der Waals surface area contributed by atoms with E-state index in [1.165, 1.54) is 0 Å². The molecule has 0 aromatic carbocycles. The van der Waals surface area contributed by atoms with E-state index in [1.807, 2.05) is 31.2 Å². The molecular formula is C13H17N. The van der Waals surface area contributed by atoms with Gasteiger partial charge in [0.15, 0.2) is 0 Å². The van der Waals surface area contributed by atoms with Gasteiger partial charge in [0.1, 0.15) is 0 Å². The molecule has 0 fully saturated rings. The van der Waals surface area contributed by atoms with Gasteiger partial charge < -0.3 is 5.32 Å². The summed E-state index contributed by atoms with van der Waals surface area (Å²) in [5.41, 5.74) is 2.19. The van der Waals surface area contributed by atoms with Crippen molar-refractivity contribution < 1.29 is 0 Å². The Morgan fingerprint density at radius 3 is 2.93 bits per heavy atom. The fraction of sp³-hybridized carbons (Fsp3) is 0.231. The number of allylic oxidation sites excluding steroid dienone is 7. The van der Waals surface area contributed by atoms with Crippen molar-refractivity contribution in [3.8, 4) is 0 Å². The first-order chi connectivity index (χ1) is 6.86. The fourth-order valence-electron chi connectivity index (χ4n) is 1.23. The van der Waals surface area contributed by atoms with Gasteiger partial charge in [0, 0.05) is 11.4 Å². The summed E-state index contributed by atoms with van der Waals surface area (Å²) in [7, 11) is 0. The van der Waals surface area contributed by atoms with Crippen LogP contribution in [0.25, 0.3) is 0 Å². The lowest BCUT2D eigenvalue weighted by Crippen LogP contribution is -2.10. The van der Waals surface area contributed by atoms with E-state index in [4.69, 9.17) is 0 Å². The molecule has 0 atom stereocenters. The Labute approximate surface area is 86.2 Å². The van der Waals surface area contributed by atoms with Gasteiger partial charge in [-0.1, -0.05) is 30.9 Å². The van der Waals surface area contributed by atoms with Gasteiger partial charge >= 0.3 is 0 Å². The first kappa shape index (κ1) is 10.6. The van der Waals surface area contributed by atoms with E-state index in [1.54, 1.807) is 0 Å². The highest BCUT2D eigenvalue weighted by molar-refractivity contribution is 5.30. The number of nitrogens with one attached hydrogen (secondary N) is 1. The van der Waals surface area contributed by atoms with Crippen LogP contribution in [0.3, 0.4) is 0 Å². The van der Waals surface area contributed by atoms with E-state index >= 15 is 0 Å². The Morgan fingerprint density at radius 2 is 2.36 bits per heavy atom. The summed E-state index contributed by atoms with van der Waals surface area (Å²) < 4.78 is 0. The standard InChI is InChI=1S/C13H17N/c1-3-5-9-12(4-2)14-13-10-7-6-8-11-13/h3-5,7,9-11,14H,2,6,8H2,1H3/b5-3-,12-9+. The van der Waals surface area contributed by atoms with Crippen LogP contribution in [0.15, 0.2) is 60.5 Å². The second-order valence-corrected chi connectivity index (χ2v) is 3.12. The van der Waals surface area contributed by atoms with Crippen molar-refractivity contribution in [1.29, 1.82) is 0 Å². The normalized spacial score (nSPS) is 16.9. The Kier molecular flexibility index (Phi) is 4.56. The van der Waals surface area contributed by atoms with Crippen LogP contribution in [0, 0.1) is 0 Å². The predicted octanol–water partition coefficient (Wildman–Crippen LogP) is 3.46. The molecule has 1 aliphatic carbocycles. The Morgan fingerprint density at radius 1 is 1.50 bits per heavy atom. The molecule has 0 unspecified atom stereocenters. The predicted molar refractivity (Wildman–Crippen MR) is 62.7 cm³/mol. The van der Waals surface area contributed by atoms with Crippen LogP contribution in [0.4, 0.5) is 0 Å². The van der Waals surface area contributed by atoms with Crippen LogP contribution >= 0.6 is 0 Å². The second kappa shape index (κ2) is 6.03. The summed E-state index contributed by atoms with van der Waals surface area (Å²) in [6, 6.07) is 0. The molecule has 1 aliphatic rings. The largest absolute Gasteiger partial charge is 0.356 e. The van der Waals surface area contributed by atoms with E-state index in [2.05, 4.69) is 30.1 Å². The summed E-state index contributed by atoms with van der Waals surface area (Å²) in [6.45, 7) is 5.76. The van der Waals surface area contributed by atoms with Crippen LogP contribution in [-0.4, -0.2) is 0 Å². The Hall–Kier alpha value is -1.50. The zero-order valence-electron chi connectivity index (χ0n) is 8.66. The topological polar surface area (TPSA) is 12.0 Å². The van der Waals surface area contributed by atoms with E-state index in [0.717, 1.165) is 24.2 Å². The van der Waals surface area contributed by atoms with Crippen LogP contribution < -0.4 is 5.32 Å². The SMILES string of the molecule is C=C/C(=C\C=C/C)NC1=CCCC=C1. The fourth-order valence-corrected chi connectivity index (χ4v) is 1.23. The Bertz CT molecular complexity index is 303. The van der Waals surface area contributed by atoms with Crippen molar-refractivity contribution in [2.75, 3.05) is 0 Å². The first-order valence-electron chi connectivity index (χ1n) is 4.96. The molecule has 0 aliphatic heterocycles. The zero-order chi connectivity index (χ0) is 10.2. The van der Waals surface area contributed by atoms with Gasteiger partial charge in [-0.3, -0.25) is 0 Å². The van der Waals surface area contributed by atoms with Crippen molar-refractivity contribution in [3.63, 3.8) is 0 Å². The lowest BCUT2D eigenvalue weighted by atomic mass is 10.1. The molecule has 14 heavy (non-hydrogen) atoms. The van der Waals surface area contributed by atoms with E-state index in [9.17, 15) is 0 Å². The number of hydrogen-bond donors (Lipinski definition) is 1. The maximum absolute atomic E-state index is 3.76. The third-order valence-electron chi connectivity index (χ3n) is 1.97. The molecule has 0 amide bonds. The van der Waals surface area contributed by atoms with Crippen molar-refractivity contribution in [2.24, 2.45) is 0 Å². The third-order valence-corrected chi connectivity index (χ3v) is 1.97. The Balaban J connectivity index is 2.60. The van der Waals surface area contributed by atoms with Crippen molar-refractivity contribution in [2.45, 2.75) is 19.8 Å². The molecule has 0 radical (unpaired) electrons. The lowest BCUT2D eigenvalue weighted by molar-refractivity contribution is 0.949. The molecule has 0 heterocycles. The highest BCUT2D eigenvalue weighted by Gasteiger charge is 1.96. The van der Waals surface area contributed by atoms with Crippen LogP contribution in [0.2, 0.25) is 0 Å². The average molecular weight is 187 g/mol. The summed E-state index contributed by atoms with van der Waals surface area (Å²) in [5.74, 6) is 0. The van der Waals surface area contributed by atoms with Crippen molar-refractivity contribution in [1.82, 2.24) is 5.32 Å². The third kappa shape index (κ3) is 3.48. The van der Waals surface area contributed by atoms with E-state index < -0.39 is 0 Å². The summed E-state index contributed by atoms with van der Waals surface area (Å²) in [4.78, 5) is 0. The van der Waals surface area contributed by atoms with Gasteiger partial charge in [0.05, 0.1) is 0 Å². The van der Waals surface area contributed by atoms with Gasteiger partial charge in [-0.25, -0.2) is 0 Å². The van der Waals surface area contributed by atoms with Gasteiger partial charge in [-0.2, -0.15) is 0 Å². The molecule has 0 spiro atoms. The number of rotatable bonds is 4. The van der Waals surface area contributed by atoms with Crippen LogP contribution in [0.1, 0.15) is 19.8 Å². The molecule has 0 saturated carbocycles. The minimum absolute atomic E-state index is 1.03. The molecular weight excluding hydrogens is 170 g/mol. The summed E-state index contributed by atoms with van der Waals surface area (Å²) >= 11 is 0. The molecule has 74 valence electrons. The zero-order valence-corrected chi connectivity index (χ0v) is 8.66. The first-order valence-corrected chi connectivity index (χ1v) is 4.96. The highest BCUT2D eigenvalue weighted by atomic mass is 14.9. The molecule has 0 bridgehead atoms. The smallest absolute Gasteiger partial charge is 0.0378 e.